The first-order chi connectivity index (χ1) is 15.9. The lowest BCUT2D eigenvalue weighted by molar-refractivity contribution is 0.0942. The van der Waals surface area contributed by atoms with Crippen molar-refractivity contribution < 1.29 is 13.2 Å². The van der Waals surface area contributed by atoms with Crippen LogP contribution >= 0.6 is 0 Å². The monoisotopic (exact) mass is 463 g/mol. The lowest BCUT2D eigenvalue weighted by Gasteiger charge is -2.27. The maximum atomic E-state index is 13.4. The molecule has 0 fully saturated rings. The Morgan fingerprint density at radius 3 is 2.82 bits per heavy atom. The highest BCUT2D eigenvalue weighted by Crippen LogP contribution is 2.27. The first-order valence-electron chi connectivity index (χ1n) is 10.8. The summed E-state index contributed by atoms with van der Waals surface area (Å²) >= 11 is 0. The smallest absolute Gasteiger partial charge is 0.268 e. The Balaban J connectivity index is 1.38. The standard InChI is InChI=1S/C24H25N5O3S/c1-17-23(33(31,32)29-13-12-28-11-5-7-19(28)16-29)14-22(27(17)2)24(30)26-15-18-6-3-9-21-20(18)8-4-10-25-21/h3-11,14H,12-13,15-16H2,1-2H3,(H,26,30). The van der Waals surface area contributed by atoms with E-state index in [1.54, 1.807) is 24.7 Å². The predicted octanol–water partition coefficient (Wildman–Crippen LogP) is 2.82. The largest absolute Gasteiger partial charge is 0.349 e. The lowest BCUT2D eigenvalue weighted by Crippen LogP contribution is -2.38. The predicted molar refractivity (Wildman–Crippen MR) is 125 cm³/mol. The summed E-state index contributed by atoms with van der Waals surface area (Å²) in [6.07, 6.45) is 3.69. The first-order valence-corrected chi connectivity index (χ1v) is 12.2. The molecule has 4 heterocycles. The van der Waals surface area contributed by atoms with Crippen LogP contribution in [0.5, 0.6) is 0 Å². The second-order valence-corrected chi connectivity index (χ2v) is 10.1. The minimum absolute atomic E-state index is 0.171. The summed E-state index contributed by atoms with van der Waals surface area (Å²) in [4.78, 5) is 17.5. The SMILES string of the molecule is Cc1c(S(=O)(=O)N2CCn3cccc3C2)cc(C(=O)NCc2cccc3ncccc23)n1C. The molecule has 0 unspecified atom stereocenters. The van der Waals surface area contributed by atoms with E-state index in [4.69, 9.17) is 0 Å². The average molecular weight is 464 g/mol. The number of benzene rings is 1. The number of nitrogens with zero attached hydrogens (tertiary/aromatic N) is 4. The second-order valence-electron chi connectivity index (χ2n) is 8.24. The molecule has 3 aromatic heterocycles. The van der Waals surface area contributed by atoms with Gasteiger partial charge >= 0.3 is 0 Å². The van der Waals surface area contributed by atoms with Crippen LogP contribution < -0.4 is 5.32 Å². The maximum absolute atomic E-state index is 13.4. The summed E-state index contributed by atoms with van der Waals surface area (Å²) in [5.41, 5.74) is 3.62. The molecular formula is C24H25N5O3S. The number of fused-ring (bicyclic) bond motifs is 2. The van der Waals surface area contributed by atoms with Crippen molar-refractivity contribution in [3.63, 3.8) is 0 Å². The molecule has 0 spiro atoms. The van der Waals surface area contributed by atoms with E-state index in [1.807, 2.05) is 48.7 Å². The van der Waals surface area contributed by atoms with Crippen molar-refractivity contribution in [3.8, 4) is 0 Å². The second kappa shape index (κ2) is 8.17. The number of rotatable bonds is 5. The Morgan fingerprint density at radius 2 is 1.97 bits per heavy atom. The van der Waals surface area contributed by atoms with Gasteiger partial charge in [0, 0.05) is 55.8 Å². The molecule has 9 heteroatoms. The van der Waals surface area contributed by atoms with E-state index in [9.17, 15) is 13.2 Å². The molecule has 170 valence electrons. The van der Waals surface area contributed by atoms with Gasteiger partial charge in [-0.1, -0.05) is 18.2 Å². The zero-order valence-electron chi connectivity index (χ0n) is 18.5. The Hall–Kier alpha value is -3.43. The minimum Gasteiger partial charge on any atom is -0.349 e. The first kappa shape index (κ1) is 21.4. The number of amides is 1. The molecule has 0 bridgehead atoms. The van der Waals surface area contributed by atoms with E-state index in [1.165, 1.54) is 10.4 Å². The fourth-order valence-electron chi connectivity index (χ4n) is 4.37. The van der Waals surface area contributed by atoms with Crippen molar-refractivity contribution in [2.75, 3.05) is 6.54 Å². The summed E-state index contributed by atoms with van der Waals surface area (Å²) in [6, 6.07) is 15.0. The van der Waals surface area contributed by atoms with Gasteiger partial charge in [0.25, 0.3) is 5.91 Å². The van der Waals surface area contributed by atoms with Crippen molar-refractivity contribution in [2.45, 2.75) is 31.5 Å². The highest BCUT2D eigenvalue weighted by Gasteiger charge is 2.32. The Labute approximate surface area is 192 Å². The highest BCUT2D eigenvalue weighted by molar-refractivity contribution is 7.89. The lowest BCUT2D eigenvalue weighted by atomic mass is 10.1. The molecule has 0 saturated heterocycles. The van der Waals surface area contributed by atoms with Gasteiger partial charge in [0.1, 0.15) is 10.6 Å². The van der Waals surface area contributed by atoms with Gasteiger partial charge in [0.2, 0.25) is 10.0 Å². The van der Waals surface area contributed by atoms with Gasteiger partial charge in [-0.05, 0) is 42.8 Å². The number of hydrogen-bond acceptors (Lipinski definition) is 4. The van der Waals surface area contributed by atoms with Gasteiger partial charge in [0.05, 0.1) is 12.1 Å². The van der Waals surface area contributed by atoms with Crippen molar-refractivity contribution in [2.24, 2.45) is 7.05 Å². The number of nitrogens with one attached hydrogen (secondary N) is 1. The zero-order chi connectivity index (χ0) is 23.2. The van der Waals surface area contributed by atoms with Crippen LogP contribution in [0, 0.1) is 6.92 Å². The summed E-state index contributed by atoms with van der Waals surface area (Å²) in [5.74, 6) is -0.324. The number of hydrogen-bond donors (Lipinski definition) is 1. The Morgan fingerprint density at radius 1 is 1.12 bits per heavy atom. The van der Waals surface area contributed by atoms with Crippen LogP contribution in [0.3, 0.4) is 0 Å². The molecule has 1 aliphatic rings. The molecule has 1 N–H and O–H groups in total. The van der Waals surface area contributed by atoms with Crippen molar-refractivity contribution in [1.29, 1.82) is 0 Å². The fourth-order valence-corrected chi connectivity index (χ4v) is 6.05. The maximum Gasteiger partial charge on any atom is 0.268 e. The number of carbonyl (C=O) groups is 1. The van der Waals surface area contributed by atoms with E-state index in [-0.39, 0.29) is 10.8 Å². The highest BCUT2D eigenvalue weighted by atomic mass is 32.2. The zero-order valence-corrected chi connectivity index (χ0v) is 19.3. The molecule has 0 saturated carbocycles. The number of aromatic nitrogens is 3. The molecule has 8 nitrogen and oxygen atoms in total. The van der Waals surface area contributed by atoms with Crippen LogP contribution in [0.4, 0.5) is 0 Å². The third kappa shape index (κ3) is 3.73. The number of sulfonamides is 1. The normalized spacial score (nSPS) is 14.4. The molecule has 4 aromatic rings. The molecule has 33 heavy (non-hydrogen) atoms. The quantitative estimate of drug-likeness (QED) is 0.493. The van der Waals surface area contributed by atoms with E-state index >= 15 is 0 Å². The molecule has 0 aliphatic carbocycles. The van der Waals surface area contributed by atoms with Gasteiger partial charge < -0.3 is 14.5 Å². The summed E-state index contributed by atoms with van der Waals surface area (Å²) < 4.78 is 32.0. The van der Waals surface area contributed by atoms with Gasteiger partial charge in [-0.25, -0.2) is 8.42 Å². The van der Waals surface area contributed by atoms with E-state index < -0.39 is 10.0 Å². The summed E-state index contributed by atoms with van der Waals surface area (Å²) in [7, 11) is -2.02. The van der Waals surface area contributed by atoms with Crippen LogP contribution in [-0.4, -0.2) is 39.3 Å². The summed E-state index contributed by atoms with van der Waals surface area (Å²) in [5, 5.41) is 3.90. The van der Waals surface area contributed by atoms with Crippen molar-refractivity contribution >= 4 is 26.8 Å². The van der Waals surface area contributed by atoms with Gasteiger partial charge in [0.15, 0.2) is 0 Å². The van der Waals surface area contributed by atoms with Crippen LogP contribution in [-0.2, 0) is 36.7 Å². The Bertz CT molecular complexity index is 1460. The van der Waals surface area contributed by atoms with Crippen LogP contribution in [0.1, 0.15) is 27.4 Å². The number of pyridine rings is 1. The third-order valence-corrected chi connectivity index (χ3v) is 8.33. The van der Waals surface area contributed by atoms with E-state index in [2.05, 4.69) is 14.9 Å². The topological polar surface area (TPSA) is 89.2 Å². The van der Waals surface area contributed by atoms with Crippen LogP contribution in [0.2, 0.25) is 0 Å². The van der Waals surface area contributed by atoms with Gasteiger partial charge in [-0.3, -0.25) is 9.78 Å². The van der Waals surface area contributed by atoms with Gasteiger partial charge in [-0.15, -0.1) is 0 Å². The molecule has 0 atom stereocenters. The molecule has 1 aromatic carbocycles. The molecular weight excluding hydrogens is 438 g/mol. The molecule has 1 aliphatic heterocycles. The fraction of sp³-hybridized carbons (Fsp3) is 0.250. The molecule has 0 radical (unpaired) electrons. The Kier molecular flexibility index (Phi) is 5.30. The summed E-state index contributed by atoms with van der Waals surface area (Å²) in [6.45, 7) is 3.37. The van der Waals surface area contributed by atoms with E-state index in [0.717, 1.165) is 22.2 Å². The molecule has 5 rings (SSSR count). The third-order valence-electron chi connectivity index (χ3n) is 6.37. The van der Waals surface area contributed by atoms with Crippen LogP contribution in [0.25, 0.3) is 10.9 Å². The van der Waals surface area contributed by atoms with Crippen LogP contribution in [0.15, 0.2) is 65.8 Å². The average Bonchev–Trinajstić information content (AvgIpc) is 3.41. The minimum atomic E-state index is -3.73. The molecule has 1 amide bonds. The van der Waals surface area contributed by atoms with Crippen molar-refractivity contribution in [1.82, 2.24) is 23.7 Å². The van der Waals surface area contributed by atoms with E-state index in [0.29, 0.717) is 37.6 Å². The van der Waals surface area contributed by atoms with Crippen molar-refractivity contribution in [3.05, 3.63) is 83.6 Å². The van der Waals surface area contributed by atoms with Gasteiger partial charge in [-0.2, -0.15) is 4.31 Å². The number of carbonyl (C=O) groups excluding carboxylic acids is 1.